The summed E-state index contributed by atoms with van der Waals surface area (Å²) in [4.78, 5) is 43.3. The molecule has 2 unspecified atom stereocenters. The Morgan fingerprint density at radius 3 is 2.51 bits per heavy atom. The summed E-state index contributed by atoms with van der Waals surface area (Å²) in [5.41, 5.74) is 6.36. The van der Waals surface area contributed by atoms with Gasteiger partial charge in [0.25, 0.3) is 11.8 Å². The Balaban J connectivity index is 1.18. The predicted molar refractivity (Wildman–Crippen MR) is 157 cm³/mol. The zero-order chi connectivity index (χ0) is 26.7. The summed E-state index contributed by atoms with van der Waals surface area (Å²) in [5, 5.41) is 6.51. The lowest BCUT2D eigenvalue weighted by molar-refractivity contribution is -0.143. The second-order valence-corrected chi connectivity index (χ2v) is 12.7. The van der Waals surface area contributed by atoms with E-state index in [2.05, 4.69) is 11.4 Å². The van der Waals surface area contributed by atoms with Crippen molar-refractivity contribution in [2.75, 3.05) is 22.5 Å². The normalized spacial score (nSPS) is 23.7. The maximum Gasteiger partial charge on any atom is 0.264 e. The van der Waals surface area contributed by atoms with Gasteiger partial charge in [-0.05, 0) is 55.0 Å². The van der Waals surface area contributed by atoms with Crippen LogP contribution in [0, 0.1) is 5.92 Å². The third-order valence-corrected chi connectivity index (χ3v) is 10.2. The first-order valence-electron chi connectivity index (χ1n) is 13.2. The highest BCUT2D eigenvalue weighted by Gasteiger charge is 2.48. The van der Waals surface area contributed by atoms with Crippen LogP contribution in [0.2, 0.25) is 0 Å². The van der Waals surface area contributed by atoms with Gasteiger partial charge in [-0.2, -0.15) is 0 Å². The van der Waals surface area contributed by atoms with Crippen LogP contribution in [0.5, 0.6) is 0 Å². The van der Waals surface area contributed by atoms with Gasteiger partial charge >= 0.3 is 0 Å². The number of amides is 3. The van der Waals surface area contributed by atoms with E-state index >= 15 is 0 Å². The van der Waals surface area contributed by atoms with Crippen LogP contribution in [-0.4, -0.2) is 39.9 Å². The fourth-order valence-corrected chi connectivity index (χ4v) is 8.45. The van der Waals surface area contributed by atoms with Crippen molar-refractivity contribution >= 4 is 51.5 Å². The van der Waals surface area contributed by atoms with Gasteiger partial charge in [0.05, 0.1) is 11.5 Å². The summed E-state index contributed by atoms with van der Waals surface area (Å²) in [6, 6.07) is 19.6. The molecule has 4 heterocycles. The zero-order valence-electron chi connectivity index (χ0n) is 21.5. The zero-order valence-corrected chi connectivity index (χ0v) is 23.1. The topological polar surface area (TPSA) is 69.7 Å². The molecule has 1 fully saturated rings. The molecule has 0 saturated heterocycles. The van der Waals surface area contributed by atoms with Crippen molar-refractivity contribution in [3.05, 3.63) is 94.4 Å². The van der Waals surface area contributed by atoms with Gasteiger partial charge in [0.2, 0.25) is 5.91 Å². The van der Waals surface area contributed by atoms with Crippen molar-refractivity contribution in [1.29, 1.82) is 0 Å². The number of anilines is 2. The average molecular weight is 554 g/mol. The highest BCUT2D eigenvalue weighted by atomic mass is 32.2. The smallest absolute Gasteiger partial charge is 0.264 e. The second-order valence-electron chi connectivity index (χ2n) is 10.4. The van der Waals surface area contributed by atoms with Gasteiger partial charge in [-0.15, -0.1) is 23.1 Å². The van der Waals surface area contributed by atoms with Gasteiger partial charge in [-0.25, -0.2) is 0 Å². The quantitative estimate of drug-likeness (QED) is 0.363. The third kappa shape index (κ3) is 3.80. The molecule has 0 spiro atoms. The first-order chi connectivity index (χ1) is 19.0. The lowest BCUT2D eigenvalue weighted by atomic mass is 9.70. The van der Waals surface area contributed by atoms with E-state index in [-0.39, 0.29) is 23.6 Å². The maximum atomic E-state index is 14.2. The van der Waals surface area contributed by atoms with Crippen LogP contribution in [0.3, 0.4) is 0 Å². The maximum absolute atomic E-state index is 14.2. The Morgan fingerprint density at radius 1 is 1.00 bits per heavy atom. The minimum absolute atomic E-state index is 0.0690. The number of hydrogen-bond acceptors (Lipinski definition) is 6. The van der Waals surface area contributed by atoms with Crippen molar-refractivity contribution in [2.24, 2.45) is 5.92 Å². The molecule has 2 atom stereocenters. The van der Waals surface area contributed by atoms with Gasteiger partial charge in [0.15, 0.2) is 4.99 Å². The molecule has 3 amide bonds. The lowest BCUT2D eigenvalue weighted by Gasteiger charge is -2.45. The highest BCUT2D eigenvalue weighted by Crippen LogP contribution is 2.50. The molecule has 2 aliphatic carbocycles. The van der Waals surface area contributed by atoms with Crippen LogP contribution in [-0.2, 0) is 9.59 Å². The summed E-state index contributed by atoms with van der Waals surface area (Å²) < 4.78 is 0. The molecule has 1 saturated carbocycles. The van der Waals surface area contributed by atoms with E-state index in [1.165, 1.54) is 16.2 Å². The van der Waals surface area contributed by atoms with Crippen molar-refractivity contribution in [3.8, 4) is 11.1 Å². The summed E-state index contributed by atoms with van der Waals surface area (Å²) in [7, 11) is 0. The Labute approximate surface area is 235 Å². The molecule has 2 aromatic carbocycles. The van der Waals surface area contributed by atoms with Crippen molar-refractivity contribution in [3.63, 3.8) is 0 Å². The number of allylic oxidation sites excluding steroid dienone is 2. The molecular weight excluding hydrogens is 526 g/mol. The van der Waals surface area contributed by atoms with Crippen LogP contribution in [0.1, 0.15) is 36.5 Å². The van der Waals surface area contributed by atoms with E-state index in [0.29, 0.717) is 30.7 Å². The average Bonchev–Trinajstić information content (AvgIpc) is 3.30. The number of rotatable bonds is 6. The number of para-hydroxylation sites is 1. The van der Waals surface area contributed by atoms with E-state index in [9.17, 15) is 14.4 Å². The monoisotopic (exact) mass is 553 g/mol. The van der Waals surface area contributed by atoms with Gasteiger partial charge in [0, 0.05) is 34.5 Å². The molecule has 5 aliphatic rings. The van der Waals surface area contributed by atoms with Gasteiger partial charge in [0.1, 0.15) is 5.00 Å². The Bertz CT molecular complexity index is 1580. The van der Waals surface area contributed by atoms with E-state index < -0.39 is 4.99 Å². The van der Waals surface area contributed by atoms with E-state index in [4.69, 9.17) is 0 Å². The number of hydrogen-bond donors (Lipinski definition) is 1. The minimum Gasteiger partial charge on any atom is -0.345 e. The first kappa shape index (κ1) is 24.4. The first-order valence-corrected chi connectivity index (χ1v) is 15.1. The van der Waals surface area contributed by atoms with Crippen LogP contribution in [0.25, 0.3) is 11.1 Å². The van der Waals surface area contributed by atoms with Crippen LogP contribution in [0.4, 0.5) is 10.7 Å². The fourth-order valence-electron chi connectivity index (χ4n) is 6.16. The number of fused-ring (bicyclic) bond motifs is 3. The molecule has 3 aliphatic heterocycles. The van der Waals surface area contributed by atoms with Crippen molar-refractivity contribution in [1.82, 2.24) is 4.90 Å². The Hall–Kier alpha value is -3.62. The summed E-state index contributed by atoms with van der Waals surface area (Å²) in [6.07, 6.45) is 4.36. The molecule has 1 aromatic heterocycles. The van der Waals surface area contributed by atoms with Crippen molar-refractivity contribution in [2.45, 2.75) is 31.2 Å². The number of thiophene rings is 1. The van der Waals surface area contributed by atoms with E-state index in [0.717, 1.165) is 45.0 Å². The summed E-state index contributed by atoms with van der Waals surface area (Å²) in [6.45, 7) is 2.31. The number of carbonyl (C=O) groups excluding carboxylic acids is 3. The van der Waals surface area contributed by atoms with Crippen LogP contribution >= 0.6 is 23.1 Å². The minimum atomic E-state index is -0.815. The molecular formula is C31H27N3O3S2. The van der Waals surface area contributed by atoms with Gasteiger partial charge < -0.3 is 5.32 Å². The van der Waals surface area contributed by atoms with Crippen LogP contribution < -0.4 is 10.2 Å². The van der Waals surface area contributed by atoms with E-state index in [1.54, 1.807) is 11.8 Å². The molecule has 8 rings (SSSR count). The molecule has 4 bridgehead atoms. The molecule has 1 N–H and O–H groups in total. The van der Waals surface area contributed by atoms with Gasteiger partial charge in [-0.3, -0.25) is 24.2 Å². The standard InChI is InChI=1S/C31H27N3O3S2/c1-31(39-16-15-33-28(35)22-14-8-13-21-23(22)17-24(21)29(33)36)32-27-26(25(18-38-27)19-9-4-2-5-10-19)30(37)34(31)20-11-6-3-7-12-20/h2-7,9-13,18,24,32H,8,14-17H2,1H3. The summed E-state index contributed by atoms with van der Waals surface area (Å²) >= 11 is 3.07. The third-order valence-electron chi connectivity index (χ3n) is 8.10. The highest BCUT2D eigenvalue weighted by molar-refractivity contribution is 8.00. The van der Waals surface area contributed by atoms with E-state index in [1.807, 2.05) is 77.9 Å². The molecule has 0 radical (unpaired) electrons. The number of thioether (sulfide) groups is 1. The van der Waals surface area contributed by atoms with Gasteiger partial charge in [-0.1, -0.05) is 54.6 Å². The number of nitrogens with one attached hydrogen (secondary N) is 1. The Morgan fingerprint density at radius 2 is 1.74 bits per heavy atom. The second kappa shape index (κ2) is 9.24. The predicted octanol–water partition coefficient (Wildman–Crippen LogP) is 6.30. The molecule has 39 heavy (non-hydrogen) atoms. The molecule has 6 nitrogen and oxygen atoms in total. The lowest BCUT2D eigenvalue weighted by Crippen LogP contribution is -2.56. The molecule has 196 valence electrons. The fraction of sp³-hybridized carbons (Fsp3) is 0.258. The van der Waals surface area contributed by atoms with Crippen molar-refractivity contribution < 1.29 is 14.4 Å². The summed E-state index contributed by atoms with van der Waals surface area (Å²) in [5.74, 6) is 0.0338. The number of imide groups is 1. The molecule has 3 aromatic rings. The SMILES string of the molecule is CC1(SCCN2C(=O)C3=C4CC(C2=O)C4=CCC3)Nc2scc(-c3ccccc3)c2C(=O)N1c1ccccc1. The largest absolute Gasteiger partial charge is 0.345 e. The van der Waals surface area contributed by atoms with Crippen LogP contribution in [0.15, 0.2) is 88.8 Å². The number of benzene rings is 2. The molecule has 8 heteroatoms. The number of nitrogens with zero attached hydrogens (tertiary/aromatic N) is 2. The number of carbonyl (C=O) groups is 3. The Kier molecular flexibility index (Phi) is 5.79.